The third-order valence-corrected chi connectivity index (χ3v) is 3.72. The summed E-state index contributed by atoms with van der Waals surface area (Å²) in [6.45, 7) is 2.10. The standard InChI is InChI=1S/C15H20N2O2/c18-15(9-11-5-6-11)17-10-13-12-3-1-2-4-14(12)19-8-7-16-13/h1-4,11,13,16H,5-10H2,(H,17,18). The molecule has 1 heterocycles. The van der Waals surface area contributed by atoms with Crippen LogP contribution >= 0.6 is 0 Å². The third kappa shape index (κ3) is 3.26. The van der Waals surface area contributed by atoms with Crippen LogP contribution in [0.1, 0.15) is 30.9 Å². The molecule has 0 saturated heterocycles. The van der Waals surface area contributed by atoms with Crippen molar-refractivity contribution in [3.8, 4) is 5.75 Å². The van der Waals surface area contributed by atoms with Crippen LogP contribution in [0, 0.1) is 5.92 Å². The maximum absolute atomic E-state index is 11.8. The van der Waals surface area contributed by atoms with Gasteiger partial charge in [0.2, 0.25) is 5.91 Å². The summed E-state index contributed by atoms with van der Waals surface area (Å²) in [5.41, 5.74) is 1.13. The Hall–Kier alpha value is -1.55. The van der Waals surface area contributed by atoms with Crippen LogP contribution in [0.2, 0.25) is 0 Å². The number of carbonyl (C=O) groups excluding carboxylic acids is 1. The molecule has 1 aliphatic carbocycles. The van der Waals surface area contributed by atoms with Crippen molar-refractivity contribution in [2.75, 3.05) is 19.7 Å². The Balaban J connectivity index is 1.61. The number of hydrogen-bond acceptors (Lipinski definition) is 3. The monoisotopic (exact) mass is 260 g/mol. The summed E-state index contributed by atoms with van der Waals surface area (Å²) >= 11 is 0. The first kappa shape index (κ1) is 12.5. The number of hydrogen-bond donors (Lipinski definition) is 2. The number of amides is 1. The summed E-state index contributed by atoms with van der Waals surface area (Å²) in [6.07, 6.45) is 3.11. The summed E-state index contributed by atoms with van der Waals surface area (Å²) < 4.78 is 5.68. The molecular formula is C15H20N2O2. The van der Waals surface area contributed by atoms with Crippen molar-refractivity contribution in [3.63, 3.8) is 0 Å². The Bertz CT molecular complexity index is 457. The second kappa shape index (κ2) is 5.61. The van der Waals surface area contributed by atoms with Gasteiger partial charge in [-0.1, -0.05) is 18.2 Å². The van der Waals surface area contributed by atoms with Gasteiger partial charge in [0.15, 0.2) is 0 Å². The van der Waals surface area contributed by atoms with Gasteiger partial charge in [0.1, 0.15) is 12.4 Å². The Labute approximate surface area is 113 Å². The lowest BCUT2D eigenvalue weighted by molar-refractivity contribution is -0.121. The molecule has 0 bridgehead atoms. The highest BCUT2D eigenvalue weighted by molar-refractivity contribution is 5.76. The molecule has 0 aromatic heterocycles. The van der Waals surface area contributed by atoms with Crippen molar-refractivity contribution >= 4 is 5.91 Å². The molecule has 1 saturated carbocycles. The number of para-hydroxylation sites is 1. The van der Waals surface area contributed by atoms with Crippen molar-refractivity contribution in [2.45, 2.75) is 25.3 Å². The van der Waals surface area contributed by atoms with Gasteiger partial charge < -0.3 is 15.4 Å². The number of rotatable bonds is 4. The lowest BCUT2D eigenvalue weighted by atomic mass is 10.1. The fourth-order valence-electron chi connectivity index (χ4n) is 2.46. The molecule has 1 atom stereocenters. The highest BCUT2D eigenvalue weighted by atomic mass is 16.5. The van der Waals surface area contributed by atoms with Gasteiger partial charge in [0, 0.05) is 25.1 Å². The molecule has 2 aliphatic rings. The zero-order valence-corrected chi connectivity index (χ0v) is 11.0. The molecule has 0 spiro atoms. The highest BCUT2D eigenvalue weighted by Crippen LogP contribution is 2.32. The molecule has 0 radical (unpaired) electrons. The summed E-state index contributed by atoms with van der Waals surface area (Å²) in [6, 6.07) is 8.18. The Morgan fingerprint density at radius 3 is 3.05 bits per heavy atom. The topological polar surface area (TPSA) is 50.4 Å². The van der Waals surface area contributed by atoms with Gasteiger partial charge in [-0.15, -0.1) is 0 Å². The summed E-state index contributed by atoms with van der Waals surface area (Å²) in [5, 5.41) is 6.46. The first-order chi connectivity index (χ1) is 9.33. The molecule has 1 unspecified atom stereocenters. The SMILES string of the molecule is O=C(CC1CC1)NCC1NCCOc2ccccc21. The molecule has 1 amide bonds. The minimum Gasteiger partial charge on any atom is -0.492 e. The lowest BCUT2D eigenvalue weighted by Gasteiger charge is -2.18. The van der Waals surface area contributed by atoms with Gasteiger partial charge in [-0.2, -0.15) is 0 Å². The third-order valence-electron chi connectivity index (χ3n) is 3.72. The number of fused-ring (bicyclic) bond motifs is 1. The van der Waals surface area contributed by atoms with E-state index >= 15 is 0 Å². The van der Waals surface area contributed by atoms with E-state index in [4.69, 9.17) is 4.74 Å². The summed E-state index contributed by atoms with van der Waals surface area (Å²) in [5.74, 6) is 1.73. The van der Waals surface area contributed by atoms with Gasteiger partial charge in [0.25, 0.3) is 0 Å². The average molecular weight is 260 g/mol. The van der Waals surface area contributed by atoms with E-state index in [0.717, 1.165) is 17.9 Å². The predicted molar refractivity (Wildman–Crippen MR) is 73.0 cm³/mol. The zero-order valence-electron chi connectivity index (χ0n) is 11.0. The van der Waals surface area contributed by atoms with Crippen LogP contribution in [0.15, 0.2) is 24.3 Å². The minimum absolute atomic E-state index is 0.141. The maximum Gasteiger partial charge on any atom is 0.220 e. The normalized spacial score (nSPS) is 22.0. The zero-order chi connectivity index (χ0) is 13.1. The van der Waals surface area contributed by atoms with E-state index < -0.39 is 0 Å². The maximum atomic E-state index is 11.8. The lowest BCUT2D eigenvalue weighted by Crippen LogP contribution is -2.35. The minimum atomic E-state index is 0.141. The van der Waals surface area contributed by atoms with Crippen molar-refractivity contribution in [1.82, 2.24) is 10.6 Å². The smallest absolute Gasteiger partial charge is 0.220 e. The van der Waals surface area contributed by atoms with Gasteiger partial charge in [-0.25, -0.2) is 0 Å². The molecular weight excluding hydrogens is 240 g/mol. The second-order valence-corrected chi connectivity index (χ2v) is 5.34. The second-order valence-electron chi connectivity index (χ2n) is 5.34. The number of ether oxygens (including phenoxy) is 1. The van der Waals surface area contributed by atoms with Crippen LogP contribution in [0.3, 0.4) is 0 Å². The fourth-order valence-corrected chi connectivity index (χ4v) is 2.46. The summed E-state index contributed by atoms with van der Waals surface area (Å²) in [7, 11) is 0. The van der Waals surface area contributed by atoms with Gasteiger partial charge in [-0.05, 0) is 24.8 Å². The molecule has 1 aromatic carbocycles. The van der Waals surface area contributed by atoms with E-state index in [0.29, 0.717) is 25.5 Å². The molecule has 4 heteroatoms. The average Bonchev–Trinajstić information content (AvgIpc) is 3.23. The van der Waals surface area contributed by atoms with Crippen LogP contribution in [0.4, 0.5) is 0 Å². The van der Waals surface area contributed by atoms with Crippen molar-refractivity contribution in [3.05, 3.63) is 29.8 Å². The Morgan fingerprint density at radius 2 is 2.21 bits per heavy atom. The van der Waals surface area contributed by atoms with Crippen molar-refractivity contribution in [2.24, 2.45) is 5.92 Å². The Kier molecular flexibility index (Phi) is 3.69. The Morgan fingerprint density at radius 1 is 1.37 bits per heavy atom. The van der Waals surface area contributed by atoms with Crippen LogP contribution in [-0.4, -0.2) is 25.6 Å². The molecule has 1 aromatic rings. The quantitative estimate of drug-likeness (QED) is 0.865. The molecule has 1 aliphatic heterocycles. The number of nitrogens with one attached hydrogen (secondary N) is 2. The van der Waals surface area contributed by atoms with Crippen LogP contribution < -0.4 is 15.4 Å². The number of benzene rings is 1. The first-order valence-electron chi connectivity index (χ1n) is 7.05. The van der Waals surface area contributed by atoms with E-state index in [1.54, 1.807) is 0 Å². The summed E-state index contributed by atoms with van der Waals surface area (Å²) in [4.78, 5) is 11.8. The van der Waals surface area contributed by atoms with E-state index in [1.807, 2.05) is 18.2 Å². The van der Waals surface area contributed by atoms with Crippen LogP contribution in [-0.2, 0) is 4.79 Å². The van der Waals surface area contributed by atoms with Crippen LogP contribution in [0.5, 0.6) is 5.75 Å². The van der Waals surface area contributed by atoms with Gasteiger partial charge in [-0.3, -0.25) is 4.79 Å². The molecule has 102 valence electrons. The molecule has 4 nitrogen and oxygen atoms in total. The predicted octanol–water partition coefficient (Wildman–Crippen LogP) is 1.63. The van der Waals surface area contributed by atoms with Crippen LogP contribution in [0.25, 0.3) is 0 Å². The van der Waals surface area contributed by atoms with E-state index in [1.165, 1.54) is 12.8 Å². The molecule has 3 rings (SSSR count). The van der Waals surface area contributed by atoms with Crippen molar-refractivity contribution in [1.29, 1.82) is 0 Å². The van der Waals surface area contributed by atoms with E-state index in [-0.39, 0.29) is 11.9 Å². The van der Waals surface area contributed by atoms with Gasteiger partial charge >= 0.3 is 0 Å². The van der Waals surface area contributed by atoms with Gasteiger partial charge in [0.05, 0.1) is 6.04 Å². The molecule has 19 heavy (non-hydrogen) atoms. The first-order valence-corrected chi connectivity index (χ1v) is 7.05. The fraction of sp³-hybridized carbons (Fsp3) is 0.533. The number of carbonyl (C=O) groups is 1. The highest BCUT2D eigenvalue weighted by Gasteiger charge is 2.25. The molecule has 1 fully saturated rings. The van der Waals surface area contributed by atoms with Crippen molar-refractivity contribution < 1.29 is 9.53 Å². The largest absolute Gasteiger partial charge is 0.492 e. The molecule has 2 N–H and O–H groups in total. The van der Waals surface area contributed by atoms with E-state index in [2.05, 4.69) is 16.7 Å². The van der Waals surface area contributed by atoms with E-state index in [9.17, 15) is 4.79 Å².